The molecule has 0 aliphatic heterocycles. The molecule has 4 aromatic heterocycles. The molecule has 336 valence electrons. The van der Waals surface area contributed by atoms with Crippen LogP contribution < -0.4 is 0 Å². The standard InChI is InChI=1S/C63H58N4O/c1-61(2,3)46-27-28-54(65-39-46)43-19-15-20-49(34-43)67-58-25-12-10-21-51(58)52-24-16-23-50(60(52)67)40-29-30-64-55(35-40)41-17-14-18-42(31-41)56-36-45(37-57(66-56)53-22-11-13-26-59(53)68)44-32-47(62(4,5)6)38-48(33-44)63(7,8)9/h10-39,68H,1-9H3. The van der Waals surface area contributed by atoms with Crippen molar-refractivity contribution in [1.29, 1.82) is 0 Å². The summed E-state index contributed by atoms with van der Waals surface area (Å²) >= 11 is 0. The highest BCUT2D eigenvalue weighted by molar-refractivity contribution is 6.14. The molecule has 1 N–H and O–H groups in total. The molecule has 0 bridgehead atoms. The minimum Gasteiger partial charge on any atom is -0.507 e. The summed E-state index contributed by atoms with van der Waals surface area (Å²) in [6, 6.07) is 59.9. The van der Waals surface area contributed by atoms with Gasteiger partial charge in [0.05, 0.1) is 33.8 Å². The summed E-state index contributed by atoms with van der Waals surface area (Å²) in [5, 5.41) is 13.5. The second kappa shape index (κ2) is 16.9. The highest BCUT2D eigenvalue weighted by atomic mass is 16.3. The molecule has 0 aliphatic rings. The zero-order chi connectivity index (χ0) is 47.5. The molecule has 10 aromatic rings. The number of hydrogen-bond donors (Lipinski definition) is 1. The predicted molar refractivity (Wildman–Crippen MR) is 285 cm³/mol. The molecule has 6 aromatic carbocycles. The van der Waals surface area contributed by atoms with Crippen LogP contribution in [-0.4, -0.2) is 24.6 Å². The summed E-state index contributed by atoms with van der Waals surface area (Å²) < 4.78 is 2.40. The summed E-state index contributed by atoms with van der Waals surface area (Å²) in [5.41, 5.74) is 18.4. The molecule has 4 heterocycles. The van der Waals surface area contributed by atoms with Crippen molar-refractivity contribution in [3.63, 3.8) is 0 Å². The van der Waals surface area contributed by atoms with E-state index in [1.807, 2.05) is 30.6 Å². The molecule has 0 atom stereocenters. The third kappa shape index (κ3) is 8.50. The zero-order valence-corrected chi connectivity index (χ0v) is 40.6. The number of rotatable bonds is 7. The van der Waals surface area contributed by atoms with Gasteiger partial charge in [0, 0.05) is 56.7 Å². The van der Waals surface area contributed by atoms with Crippen molar-refractivity contribution >= 4 is 21.8 Å². The SMILES string of the molecule is CC(C)(C)c1ccc(-c2cccc(-n3c4ccccc4c4cccc(-c5ccnc(-c6cccc(-c7cc(-c8cc(C(C)(C)C)cc(C(C)(C)C)c8)cc(-c8ccccc8O)n7)c6)c5)c43)c2)nc1. The minimum absolute atomic E-state index is 0.0281. The van der Waals surface area contributed by atoms with Crippen molar-refractivity contribution in [3.05, 3.63) is 199 Å². The quantitative estimate of drug-likeness (QED) is 0.173. The van der Waals surface area contributed by atoms with Crippen molar-refractivity contribution < 1.29 is 5.11 Å². The molecule has 0 saturated carbocycles. The first-order chi connectivity index (χ1) is 32.5. The molecule has 0 radical (unpaired) electrons. The molecule has 0 fully saturated rings. The fourth-order valence-corrected chi connectivity index (χ4v) is 9.26. The number of aromatic hydroxyl groups is 1. The molecular weight excluding hydrogens is 829 g/mol. The van der Waals surface area contributed by atoms with E-state index in [1.165, 1.54) is 27.5 Å². The monoisotopic (exact) mass is 886 g/mol. The van der Waals surface area contributed by atoms with E-state index in [0.29, 0.717) is 11.3 Å². The lowest BCUT2D eigenvalue weighted by Gasteiger charge is -2.26. The molecule has 5 heteroatoms. The van der Waals surface area contributed by atoms with E-state index >= 15 is 0 Å². The Hall–Kier alpha value is -7.63. The van der Waals surface area contributed by atoms with Crippen LogP contribution in [0, 0.1) is 0 Å². The third-order valence-corrected chi connectivity index (χ3v) is 13.3. The third-order valence-electron chi connectivity index (χ3n) is 13.3. The molecule has 0 spiro atoms. The summed E-state index contributed by atoms with van der Waals surface area (Å²) in [7, 11) is 0. The minimum atomic E-state index is -0.0491. The van der Waals surface area contributed by atoms with Crippen LogP contribution in [-0.2, 0) is 16.2 Å². The zero-order valence-electron chi connectivity index (χ0n) is 40.6. The van der Waals surface area contributed by atoms with Crippen LogP contribution in [0.4, 0.5) is 0 Å². The smallest absolute Gasteiger partial charge is 0.124 e. The maximum atomic E-state index is 11.1. The lowest BCUT2D eigenvalue weighted by Crippen LogP contribution is -2.16. The Morgan fingerprint density at radius 2 is 0.985 bits per heavy atom. The fourth-order valence-electron chi connectivity index (χ4n) is 9.26. The molecule has 0 saturated heterocycles. The molecular formula is C63H58N4O. The van der Waals surface area contributed by atoms with Crippen molar-refractivity contribution in [2.45, 2.75) is 78.6 Å². The first-order valence-electron chi connectivity index (χ1n) is 23.6. The first kappa shape index (κ1) is 44.2. The topological polar surface area (TPSA) is 63.8 Å². The maximum Gasteiger partial charge on any atom is 0.124 e. The van der Waals surface area contributed by atoms with Gasteiger partial charge in [-0.1, -0.05) is 165 Å². The van der Waals surface area contributed by atoms with Crippen LogP contribution in [0.1, 0.15) is 79.0 Å². The molecule has 68 heavy (non-hydrogen) atoms. The van der Waals surface area contributed by atoms with Gasteiger partial charge in [0.1, 0.15) is 5.75 Å². The number of para-hydroxylation sites is 3. The summed E-state index contributed by atoms with van der Waals surface area (Å²) in [4.78, 5) is 15.2. The highest BCUT2D eigenvalue weighted by Crippen LogP contribution is 2.41. The first-order valence-corrected chi connectivity index (χ1v) is 23.6. The molecule has 0 aliphatic carbocycles. The van der Waals surface area contributed by atoms with E-state index < -0.39 is 0 Å². The number of phenolic OH excluding ortho intramolecular Hbond substituents is 1. The summed E-state index contributed by atoms with van der Waals surface area (Å²) in [5.74, 6) is 0.196. The van der Waals surface area contributed by atoms with Gasteiger partial charge in [-0.15, -0.1) is 0 Å². The van der Waals surface area contributed by atoms with Crippen LogP contribution in [0.15, 0.2) is 182 Å². The van der Waals surface area contributed by atoms with Crippen LogP contribution in [0.5, 0.6) is 5.75 Å². The van der Waals surface area contributed by atoms with Gasteiger partial charge in [0.15, 0.2) is 0 Å². The summed E-state index contributed by atoms with van der Waals surface area (Å²) in [6.45, 7) is 20.3. The summed E-state index contributed by atoms with van der Waals surface area (Å²) in [6.07, 6.45) is 3.93. The van der Waals surface area contributed by atoms with E-state index in [4.69, 9.17) is 15.0 Å². The van der Waals surface area contributed by atoms with E-state index in [-0.39, 0.29) is 22.0 Å². The average molecular weight is 887 g/mol. The number of phenols is 1. The van der Waals surface area contributed by atoms with E-state index in [1.54, 1.807) is 6.07 Å². The Morgan fingerprint density at radius 1 is 0.397 bits per heavy atom. The lowest BCUT2D eigenvalue weighted by atomic mass is 9.79. The second-order valence-electron chi connectivity index (χ2n) is 21.2. The van der Waals surface area contributed by atoms with Crippen molar-refractivity contribution in [2.75, 3.05) is 0 Å². The van der Waals surface area contributed by atoms with Crippen LogP contribution in [0.3, 0.4) is 0 Å². The Morgan fingerprint density at radius 3 is 1.69 bits per heavy atom. The van der Waals surface area contributed by atoms with Crippen LogP contribution in [0.2, 0.25) is 0 Å². The number of aromatic nitrogens is 4. The largest absolute Gasteiger partial charge is 0.507 e. The van der Waals surface area contributed by atoms with Gasteiger partial charge in [-0.25, -0.2) is 4.98 Å². The maximum absolute atomic E-state index is 11.1. The van der Waals surface area contributed by atoms with Crippen LogP contribution in [0.25, 0.3) is 94.8 Å². The van der Waals surface area contributed by atoms with Crippen molar-refractivity contribution in [3.8, 4) is 78.7 Å². The number of benzene rings is 6. The molecule has 0 amide bonds. The normalized spacial score (nSPS) is 12.2. The number of pyridine rings is 3. The van der Waals surface area contributed by atoms with E-state index in [0.717, 1.165) is 72.7 Å². The average Bonchev–Trinajstić information content (AvgIpc) is 3.68. The molecule has 5 nitrogen and oxygen atoms in total. The number of fused-ring (bicyclic) bond motifs is 3. The van der Waals surface area contributed by atoms with Gasteiger partial charge >= 0.3 is 0 Å². The van der Waals surface area contributed by atoms with Gasteiger partial charge in [-0.3, -0.25) is 9.97 Å². The Labute approximate surface area is 400 Å². The highest BCUT2D eigenvalue weighted by Gasteiger charge is 2.23. The van der Waals surface area contributed by atoms with Gasteiger partial charge in [-0.2, -0.15) is 0 Å². The molecule has 0 unspecified atom stereocenters. The Kier molecular flexibility index (Phi) is 11.0. The Balaban J connectivity index is 1.09. The predicted octanol–water partition coefficient (Wildman–Crippen LogP) is 16.6. The number of nitrogens with zero attached hydrogens (tertiary/aromatic N) is 4. The molecule has 10 rings (SSSR count). The van der Waals surface area contributed by atoms with E-state index in [2.05, 4.69) is 212 Å². The van der Waals surface area contributed by atoms with Gasteiger partial charge in [-0.05, 0) is 116 Å². The van der Waals surface area contributed by atoms with Gasteiger partial charge < -0.3 is 9.67 Å². The Bertz CT molecular complexity index is 3490. The van der Waals surface area contributed by atoms with Crippen molar-refractivity contribution in [2.24, 2.45) is 0 Å². The van der Waals surface area contributed by atoms with Crippen molar-refractivity contribution in [1.82, 2.24) is 19.5 Å². The fraction of sp³-hybridized carbons (Fsp3) is 0.190. The van der Waals surface area contributed by atoms with Gasteiger partial charge in [0.25, 0.3) is 0 Å². The second-order valence-corrected chi connectivity index (χ2v) is 21.2. The number of hydrogen-bond acceptors (Lipinski definition) is 4. The van der Waals surface area contributed by atoms with E-state index in [9.17, 15) is 5.11 Å². The lowest BCUT2D eigenvalue weighted by molar-refractivity contribution is 0.477. The van der Waals surface area contributed by atoms with Gasteiger partial charge in [0.2, 0.25) is 0 Å². The van der Waals surface area contributed by atoms with Crippen LogP contribution >= 0.6 is 0 Å².